The van der Waals surface area contributed by atoms with Gasteiger partial charge in [-0.3, -0.25) is 9.48 Å². The molecule has 1 aromatic carbocycles. The minimum absolute atomic E-state index is 0.00150. The molecule has 0 N–H and O–H groups in total. The van der Waals surface area contributed by atoms with Crippen molar-refractivity contribution in [1.29, 1.82) is 0 Å². The molecule has 4 nitrogen and oxygen atoms in total. The number of para-hydroxylation sites is 1. The standard InChI is InChI=1S/C13H14N2O2/c1-10(16)12-5-3-4-6-13(12)17-9-11-7-8-15(2)14-11/h3-8H,9H2,1-2H3. The largest absolute Gasteiger partial charge is 0.486 e. The smallest absolute Gasteiger partial charge is 0.163 e. The Labute approximate surface area is 99.8 Å². The van der Waals surface area contributed by atoms with Crippen molar-refractivity contribution in [3.63, 3.8) is 0 Å². The Morgan fingerprint density at radius 1 is 1.35 bits per heavy atom. The molecule has 0 saturated carbocycles. The van der Waals surface area contributed by atoms with E-state index in [1.165, 1.54) is 6.92 Å². The molecule has 0 saturated heterocycles. The molecule has 0 bridgehead atoms. The van der Waals surface area contributed by atoms with Gasteiger partial charge < -0.3 is 4.74 Å². The zero-order valence-electron chi connectivity index (χ0n) is 9.88. The Morgan fingerprint density at radius 2 is 2.12 bits per heavy atom. The molecule has 4 heteroatoms. The molecule has 0 unspecified atom stereocenters. The SMILES string of the molecule is CC(=O)c1ccccc1OCc1ccn(C)n1. The molecule has 0 radical (unpaired) electrons. The Hall–Kier alpha value is -2.10. The minimum atomic E-state index is 0.00150. The first-order chi connectivity index (χ1) is 8.16. The molecule has 0 fully saturated rings. The number of benzene rings is 1. The van der Waals surface area contributed by atoms with Gasteiger partial charge in [0, 0.05) is 13.2 Å². The third kappa shape index (κ3) is 2.72. The zero-order valence-corrected chi connectivity index (χ0v) is 9.88. The van der Waals surface area contributed by atoms with Crippen LogP contribution in [0.15, 0.2) is 36.5 Å². The molecule has 2 rings (SSSR count). The van der Waals surface area contributed by atoms with E-state index in [0.29, 0.717) is 17.9 Å². The number of rotatable bonds is 4. The number of carbonyl (C=O) groups is 1. The summed E-state index contributed by atoms with van der Waals surface area (Å²) in [4.78, 5) is 11.4. The third-order valence-electron chi connectivity index (χ3n) is 2.41. The quantitative estimate of drug-likeness (QED) is 0.756. The highest BCUT2D eigenvalue weighted by molar-refractivity contribution is 5.96. The van der Waals surface area contributed by atoms with Crippen LogP contribution >= 0.6 is 0 Å². The van der Waals surface area contributed by atoms with Gasteiger partial charge in [-0.25, -0.2) is 0 Å². The maximum absolute atomic E-state index is 11.4. The molecule has 0 aliphatic carbocycles. The number of ether oxygens (including phenoxy) is 1. The van der Waals surface area contributed by atoms with E-state index in [2.05, 4.69) is 5.10 Å². The third-order valence-corrected chi connectivity index (χ3v) is 2.41. The van der Waals surface area contributed by atoms with Gasteiger partial charge in [-0.1, -0.05) is 12.1 Å². The summed E-state index contributed by atoms with van der Waals surface area (Å²) in [6.45, 7) is 1.90. The first kappa shape index (κ1) is 11.4. The molecule has 17 heavy (non-hydrogen) atoms. The first-order valence-corrected chi connectivity index (χ1v) is 5.38. The van der Waals surface area contributed by atoms with E-state index >= 15 is 0 Å². The van der Waals surface area contributed by atoms with E-state index in [0.717, 1.165) is 5.69 Å². The van der Waals surface area contributed by atoms with Gasteiger partial charge in [0.15, 0.2) is 5.78 Å². The van der Waals surface area contributed by atoms with Crippen LogP contribution in [0.2, 0.25) is 0 Å². The molecule has 0 aliphatic rings. The van der Waals surface area contributed by atoms with Crippen LogP contribution in [0.1, 0.15) is 23.0 Å². The van der Waals surface area contributed by atoms with E-state index in [1.54, 1.807) is 16.8 Å². The summed E-state index contributed by atoms with van der Waals surface area (Å²) in [6.07, 6.45) is 1.86. The predicted octanol–water partition coefficient (Wildman–Crippen LogP) is 2.20. The van der Waals surface area contributed by atoms with Gasteiger partial charge in [0.2, 0.25) is 0 Å². The number of aryl methyl sites for hydroxylation is 1. The zero-order chi connectivity index (χ0) is 12.3. The van der Waals surface area contributed by atoms with Gasteiger partial charge in [0.1, 0.15) is 12.4 Å². The van der Waals surface area contributed by atoms with E-state index in [4.69, 9.17) is 4.74 Å². The van der Waals surface area contributed by atoms with Crippen LogP contribution in [0.25, 0.3) is 0 Å². The molecule has 0 spiro atoms. The van der Waals surface area contributed by atoms with Crippen LogP contribution in [0, 0.1) is 0 Å². The highest BCUT2D eigenvalue weighted by Gasteiger charge is 2.07. The van der Waals surface area contributed by atoms with E-state index in [9.17, 15) is 4.79 Å². The van der Waals surface area contributed by atoms with Gasteiger partial charge >= 0.3 is 0 Å². The van der Waals surface area contributed by atoms with Crippen LogP contribution in [0.5, 0.6) is 5.75 Å². The van der Waals surface area contributed by atoms with Gasteiger partial charge in [-0.15, -0.1) is 0 Å². The van der Waals surface area contributed by atoms with Gasteiger partial charge in [-0.05, 0) is 25.1 Å². The number of hydrogen-bond acceptors (Lipinski definition) is 3. The number of carbonyl (C=O) groups excluding carboxylic acids is 1. The van der Waals surface area contributed by atoms with Crippen molar-refractivity contribution >= 4 is 5.78 Å². The van der Waals surface area contributed by atoms with Crippen molar-refractivity contribution in [2.24, 2.45) is 7.05 Å². The van der Waals surface area contributed by atoms with Gasteiger partial charge in [0.25, 0.3) is 0 Å². The lowest BCUT2D eigenvalue weighted by Crippen LogP contribution is -2.02. The maximum atomic E-state index is 11.4. The Kier molecular flexibility index (Phi) is 3.23. The molecule has 1 heterocycles. The monoisotopic (exact) mass is 230 g/mol. The summed E-state index contributed by atoms with van der Waals surface area (Å²) in [5, 5.41) is 4.21. The Balaban J connectivity index is 2.11. The van der Waals surface area contributed by atoms with E-state index in [-0.39, 0.29) is 5.78 Å². The van der Waals surface area contributed by atoms with Crippen LogP contribution in [-0.2, 0) is 13.7 Å². The van der Waals surface area contributed by atoms with Crippen LogP contribution < -0.4 is 4.74 Å². The molecular formula is C13H14N2O2. The lowest BCUT2D eigenvalue weighted by Gasteiger charge is -2.07. The Morgan fingerprint density at radius 3 is 2.76 bits per heavy atom. The highest BCUT2D eigenvalue weighted by atomic mass is 16.5. The summed E-state index contributed by atoms with van der Waals surface area (Å²) >= 11 is 0. The highest BCUT2D eigenvalue weighted by Crippen LogP contribution is 2.19. The summed E-state index contributed by atoms with van der Waals surface area (Å²) < 4.78 is 7.32. The molecule has 2 aromatic rings. The second-order valence-corrected chi connectivity index (χ2v) is 3.82. The van der Waals surface area contributed by atoms with E-state index in [1.807, 2.05) is 31.4 Å². The maximum Gasteiger partial charge on any atom is 0.163 e. The van der Waals surface area contributed by atoms with Crippen molar-refractivity contribution < 1.29 is 9.53 Å². The summed E-state index contributed by atoms with van der Waals surface area (Å²) in [6, 6.07) is 9.11. The topological polar surface area (TPSA) is 44.1 Å². The van der Waals surface area contributed by atoms with Crippen LogP contribution in [0.3, 0.4) is 0 Å². The fourth-order valence-electron chi connectivity index (χ4n) is 1.58. The van der Waals surface area contributed by atoms with Crippen molar-refractivity contribution in [3.8, 4) is 5.75 Å². The van der Waals surface area contributed by atoms with E-state index < -0.39 is 0 Å². The molecule has 0 aliphatic heterocycles. The van der Waals surface area contributed by atoms with Gasteiger partial charge in [-0.2, -0.15) is 5.10 Å². The summed E-state index contributed by atoms with van der Waals surface area (Å²) in [5.74, 6) is 0.604. The van der Waals surface area contributed by atoms with Crippen molar-refractivity contribution in [2.75, 3.05) is 0 Å². The van der Waals surface area contributed by atoms with Crippen molar-refractivity contribution in [1.82, 2.24) is 9.78 Å². The summed E-state index contributed by atoms with van der Waals surface area (Å²) in [7, 11) is 1.85. The number of nitrogens with zero attached hydrogens (tertiary/aromatic N) is 2. The fraction of sp³-hybridized carbons (Fsp3) is 0.231. The second-order valence-electron chi connectivity index (χ2n) is 3.82. The predicted molar refractivity (Wildman–Crippen MR) is 64.0 cm³/mol. The summed E-state index contributed by atoms with van der Waals surface area (Å²) in [5.41, 5.74) is 1.44. The number of ketones is 1. The second kappa shape index (κ2) is 4.82. The molecule has 1 aromatic heterocycles. The number of hydrogen-bond donors (Lipinski definition) is 0. The fourth-order valence-corrected chi connectivity index (χ4v) is 1.58. The average Bonchev–Trinajstić information content (AvgIpc) is 2.73. The molecular weight excluding hydrogens is 216 g/mol. The average molecular weight is 230 g/mol. The number of aromatic nitrogens is 2. The first-order valence-electron chi connectivity index (χ1n) is 5.38. The minimum Gasteiger partial charge on any atom is -0.486 e. The molecule has 0 atom stereocenters. The molecule has 0 amide bonds. The van der Waals surface area contributed by atoms with Crippen molar-refractivity contribution in [3.05, 3.63) is 47.8 Å². The normalized spacial score (nSPS) is 10.2. The lowest BCUT2D eigenvalue weighted by atomic mass is 10.1. The van der Waals surface area contributed by atoms with Gasteiger partial charge in [0.05, 0.1) is 11.3 Å². The molecule has 88 valence electrons. The van der Waals surface area contributed by atoms with Crippen LogP contribution in [0.4, 0.5) is 0 Å². The Bertz CT molecular complexity index is 532. The lowest BCUT2D eigenvalue weighted by molar-refractivity contribution is 0.101. The number of Topliss-reactive ketones (excluding diaryl/α,β-unsaturated/α-hetero) is 1. The van der Waals surface area contributed by atoms with Crippen LogP contribution in [-0.4, -0.2) is 15.6 Å². The van der Waals surface area contributed by atoms with Crippen molar-refractivity contribution in [2.45, 2.75) is 13.5 Å².